The van der Waals surface area contributed by atoms with E-state index in [1.54, 1.807) is 11.3 Å². The molecule has 0 bridgehead atoms. The fourth-order valence-electron chi connectivity index (χ4n) is 3.33. The molecule has 1 aliphatic heterocycles. The lowest BCUT2D eigenvalue weighted by Crippen LogP contribution is -2.49. The Morgan fingerprint density at radius 2 is 2.00 bits per heavy atom. The topological polar surface area (TPSA) is 29.0 Å². The van der Waals surface area contributed by atoms with E-state index in [1.807, 2.05) is 0 Å². The van der Waals surface area contributed by atoms with Crippen LogP contribution < -0.4 is 4.90 Å². The average Bonchev–Trinajstić information content (AvgIpc) is 3.01. The van der Waals surface area contributed by atoms with E-state index in [0.717, 1.165) is 29.4 Å². The molecule has 0 radical (unpaired) electrons. The predicted octanol–water partition coefficient (Wildman–Crippen LogP) is 4.45. The van der Waals surface area contributed by atoms with Crippen LogP contribution in [0, 0.1) is 5.92 Å². The van der Waals surface area contributed by atoms with E-state index in [1.165, 1.54) is 10.9 Å². The van der Waals surface area contributed by atoms with Gasteiger partial charge in [0.05, 0.1) is 11.4 Å². The second-order valence-corrected chi connectivity index (χ2v) is 6.84. The van der Waals surface area contributed by atoms with E-state index < -0.39 is 0 Å². The van der Waals surface area contributed by atoms with Crippen molar-refractivity contribution in [2.75, 3.05) is 11.4 Å². The smallest absolute Gasteiger partial charge is 0.141 e. The van der Waals surface area contributed by atoms with Gasteiger partial charge in [0.2, 0.25) is 0 Å². The largest absolute Gasteiger partial charge is 0.348 e. The van der Waals surface area contributed by atoms with Gasteiger partial charge in [-0.05, 0) is 22.9 Å². The number of fused-ring (bicyclic) bond motifs is 1. The van der Waals surface area contributed by atoms with Crippen LogP contribution in [-0.4, -0.2) is 16.5 Å². The SMILES string of the molecule is CCc1nc(N2CC(C)C2c2ccccc2)c2ccsc2n1. The maximum Gasteiger partial charge on any atom is 0.141 e. The Morgan fingerprint density at radius 1 is 1.18 bits per heavy atom. The first-order valence-corrected chi connectivity index (χ1v) is 8.71. The summed E-state index contributed by atoms with van der Waals surface area (Å²) in [6, 6.07) is 13.3. The van der Waals surface area contributed by atoms with Crippen molar-refractivity contribution in [3.8, 4) is 0 Å². The highest BCUT2D eigenvalue weighted by atomic mass is 32.1. The van der Waals surface area contributed by atoms with Gasteiger partial charge >= 0.3 is 0 Å². The third-order valence-electron chi connectivity index (χ3n) is 4.44. The van der Waals surface area contributed by atoms with Gasteiger partial charge in [0.1, 0.15) is 16.5 Å². The summed E-state index contributed by atoms with van der Waals surface area (Å²) in [5.74, 6) is 2.70. The normalized spacial score (nSPS) is 21.1. The van der Waals surface area contributed by atoms with E-state index in [9.17, 15) is 0 Å². The lowest BCUT2D eigenvalue weighted by atomic mass is 9.84. The van der Waals surface area contributed by atoms with Crippen LogP contribution in [0.1, 0.15) is 31.3 Å². The van der Waals surface area contributed by atoms with E-state index in [4.69, 9.17) is 4.98 Å². The summed E-state index contributed by atoms with van der Waals surface area (Å²) in [5.41, 5.74) is 1.38. The van der Waals surface area contributed by atoms with Crippen molar-refractivity contribution in [1.82, 2.24) is 9.97 Å². The zero-order valence-electron chi connectivity index (χ0n) is 12.9. The first-order valence-electron chi connectivity index (χ1n) is 7.83. The second-order valence-electron chi connectivity index (χ2n) is 5.94. The van der Waals surface area contributed by atoms with E-state index in [0.29, 0.717) is 12.0 Å². The molecule has 0 aliphatic carbocycles. The zero-order chi connectivity index (χ0) is 15.1. The van der Waals surface area contributed by atoms with Gasteiger partial charge in [0.15, 0.2) is 0 Å². The minimum atomic E-state index is 0.420. The number of hydrogen-bond donors (Lipinski definition) is 0. The Labute approximate surface area is 134 Å². The van der Waals surface area contributed by atoms with Crippen molar-refractivity contribution < 1.29 is 0 Å². The molecule has 0 spiro atoms. The van der Waals surface area contributed by atoms with Gasteiger partial charge in [-0.15, -0.1) is 11.3 Å². The van der Waals surface area contributed by atoms with Crippen molar-refractivity contribution in [3.05, 3.63) is 53.2 Å². The molecule has 22 heavy (non-hydrogen) atoms. The Hall–Kier alpha value is -1.94. The summed E-state index contributed by atoms with van der Waals surface area (Å²) in [5, 5.41) is 3.30. The Kier molecular flexibility index (Phi) is 3.34. The average molecular weight is 309 g/mol. The van der Waals surface area contributed by atoms with E-state index in [-0.39, 0.29) is 0 Å². The van der Waals surface area contributed by atoms with Crippen LogP contribution in [0.3, 0.4) is 0 Å². The minimum Gasteiger partial charge on any atom is -0.348 e. The molecule has 2 unspecified atom stereocenters. The maximum absolute atomic E-state index is 4.85. The predicted molar refractivity (Wildman–Crippen MR) is 92.5 cm³/mol. The van der Waals surface area contributed by atoms with Crippen molar-refractivity contribution in [1.29, 1.82) is 0 Å². The summed E-state index contributed by atoms with van der Waals surface area (Å²) >= 11 is 1.70. The molecule has 1 aliphatic rings. The summed E-state index contributed by atoms with van der Waals surface area (Å²) in [4.78, 5) is 13.0. The number of aromatic nitrogens is 2. The first-order chi connectivity index (χ1) is 10.8. The zero-order valence-corrected chi connectivity index (χ0v) is 13.7. The Morgan fingerprint density at radius 3 is 2.73 bits per heavy atom. The molecule has 3 nitrogen and oxygen atoms in total. The molecule has 0 N–H and O–H groups in total. The van der Waals surface area contributed by atoms with Crippen molar-refractivity contribution >= 4 is 27.4 Å². The lowest BCUT2D eigenvalue weighted by molar-refractivity contribution is 0.323. The van der Waals surface area contributed by atoms with Crippen LogP contribution in [0.15, 0.2) is 41.8 Å². The standard InChI is InChI=1S/C18H19N3S/c1-3-15-19-17(14-9-10-22-18(14)20-15)21-11-12(2)16(21)13-7-5-4-6-8-13/h4-10,12,16H,3,11H2,1-2H3. The molecule has 4 heteroatoms. The highest BCUT2D eigenvalue weighted by Crippen LogP contribution is 2.43. The minimum absolute atomic E-state index is 0.420. The van der Waals surface area contributed by atoms with Gasteiger partial charge in [0, 0.05) is 13.0 Å². The van der Waals surface area contributed by atoms with Gasteiger partial charge < -0.3 is 4.90 Å². The molecule has 4 rings (SSSR count). The van der Waals surface area contributed by atoms with Crippen LogP contribution >= 0.6 is 11.3 Å². The number of benzene rings is 1. The third kappa shape index (κ3) is 2.10. The molecular formula is C18H19N3S. The Bertz CT molecular complexity index is 796. The molecule has 0 amide bonds. The molecule has 2 atom stereocenters. The van der Waals surface area contributed by atoms with Crippen molar-refractivity contribution in [2.45, 2.75) is 26.3 Å². The maximum atomic E-state index is 4.85. The molecule has 3 aromatic rings. The van der Waals surface area contributed by atoms with Crippen LogP contribution in [0.2, 0.25) is 0 Å². The van der Waals surface area contributed by atoms with Crippen molar-refractivity contribution in [3.63, 3.8) is 0 Å². The van der Waals surface area contributed by atoms with Gasteiger partial charge in [-0.25, -0.2) is 9.97 Å². The van der Waals surface area contributed by atoms with Crippen LogP contribution in [0.4, 0.5) is 5.82 Å². The van der Waals surface area contributed by atoms with Gasteiger partial charge in [-0.1, -0.05) is 44.2 Å². The van der Waals surface area contributed by atoms with E-state index in [2.05, 4.69) is 65.5 Å². The lowest BCUT2D eigenvalue weighted by Gasteiger charge is -2.48. The van der Waals surface area contributed by atoms with Crippen LogP contribution in [0.5, 0.6) is 0 Å². The number of hydrogen-bond acceptors (Lipinski definition) is 4. The van der Waals surface area contributed by atoms with Gasteiger partial charge in [-0.2, -0.15) is 0 Å². The molecule has 0 saturated carbocycles. The number of thiophene rings is 1. The number of nitrogens with zero attached hydrogens (tertiary/aromatic N) is 3. The van der Waals surface area contributed by atoms with E-state index >= 15 is 0 Å². The number of rotatable bonds is 3. The van der Waals surface area contributed by atoms with Gasteiger partial charge in [-0.3, -0.25) is 0 Å². The Balaban J connectivity index is 1.80. The highest BCUT2D eigenvalue weighted by molar-refractivity contribution is 7.16. The molecule has 3 heterocycles. The quantitative estimate of drug-likeness (QED) is 0.715. The first kappa shape index (κ1) is 13.7. The molecule has 2 aromatic heterocycles. The number of aryl methyl sites for hydroxylation is 1. The highest BCUT2D eigenvalue weighted by Gasteiger charge is 2.38. The summed E-state index contributed by atoms with van der Waals surface area (Å²) < 4.78 is 0. The van der Waals surface area contributed by atoms with Crippen LogP contribution in [-0.2, 0) is 6.42 Å². The third-order valence-corrected chi connectivity index (χ3v) is 5.25. The summed E-state index contributed by atoms with van der Waals surface area (Å²) in [7, 11) is 0. The van der Waals surface area contributed by atoms with Gasteiger partial charge in [0.25, 0.3) is 0 Å². The number of anilines is 1. The molecule has 1 aromatic carbocycles. The van der Waals surface area contributed by atoms with Crippen LogP contribution in [0.25, 0.3) is 10.2 Å². The molecule has 1 fully saturated rings. The molecular weight excluding hydrogens is 290 g/mol. The monoisotopic (exact) mass is 309 g/mol. The molecule has 112 valence electrons. The second kappa shape index (κ2) is 5.36. The summed E-state index contributed by atoms with van der Waals surface area (Å²) in [6.07, 6.45) is 0.875. The fourth-order valence-corrected chi connectivity index (χ4v) is 4.11. The van der Waals surface area contributed by atoms with Crippen molar-refractivity contribution in [2.24, 2.45) is 5.92 Å². The summed E-state index contributed by atoms with van der Waals surface area (Å²) in [6.45, 7) is 5.50. The fraction of sp³-hybridized carbons (Fsp3) is 0.333. The molecule has 1 saturated heterocycles.